The van der Waals surface area contributed by atoms with Crippen LogP contribution in [0.15, 0.2) is 30.3 Å². The van der Waals surface area contributed by atoms with Crippen molar-refractivity contribution in [2.24, 2.45) is 5.92 Å². The lowest BCUT2D eigenvalue weighted by Crippen LogP contribution is -2.21. The Morgan fingerprint density at radius 3 is 2.65 bits per heavy atom. The molecule has 0 aliphatic rings. The lowest BCUT2D eigenvalue weighted by atomic mass is 9.95. The summed E-state index contributed by atoms with van der Waals surface area (Å²) in [5, 5.41) is 3.32. The molecule has 0 aliphatic carbocycles. The smallest absolute Gasteiger partial charge is 0.00203 e. The number of rotatable bonds is 9. The van der Waals surface area contributed by atoms with E-state index in [0.717, 1.165) is 12.5 Å². The Labute approximate surface area is 110 Å². The van der Waals surface area contributed by atoms with Gasteiger partial charge in [0.2, 0.25) is 0 Å². The molecule has 1 unspecified atom stereocenters. The molecule has 1 atom stereocenters. The zero-order valence-electron chi connectivity index (χ0n) is 11.1. The zero-order valence-corrected chi connectivity index (χ0v) is 11.9. The maximum Gasteiger partial charge on any atom is -0.00203 e. The first kappa shape index (κ1) is 14.6. The molecule has 1 rings (SSSR count). The zero-order chi connectivity index (χ0) is 12.3. The van der Waals surface area contributed by atoms with Gasteiger partial charge in [-0.2, -0.15) is 11.8 Å². The van der Waals surface area contributed by atoms with Gasteiger partial charge in [0.15, 0.2) is 0 Å². The normalized spacial score (nSPS) is 12.6. The highest BCUT2D eigenvalue weighted by atomic mass is 32.2. The molecule has 1 aromatic rings. The first-order valence-corrected chi connectivity index (χ1v) is 7.78. The van der Waals surface area contributed by atoms with Gasteiger partial charge in [0.1, 0.15) is 0 Å². The van der Waals surface area contributed by atoms with Crippen LogP contribution in [0, 0.1) is 5.92 Å². The molecule has 0 bridgehead atoms. The first-order valence-electron chi connectivity index (χ1n) is 6.63. The molecule has 0 saturated carbocycles. The lowest BCUT2D eigenvalue weighted by Gasteiger charge is -2.16. The highest BCUT2D eigenvalue weighted by molar-refractivity contribution is 7.99. The molecule has 1 aromatic carbocycles. The van der Waals surface area contributed by atoms with Gasteiger partial charge in [-0.05, 0) is 55.8 Å². The summed E-state index contributed by atoms with van der Waals surface area (Å²) in [6.45, 7) is 3.37. The fourth-order valence-electron chi connectivity index (χ4n) is 2.13. The van der Waals surface area contributed by atoms with E-state index in [1.165, 1.54) is 36.3 Å². The van der Waals surface area contributed by atoms with Crippen LogP contribution in [0.3, 0.4) is 0 Å². The van der Waals surface area contributed by atoms with Crippen molar-refractivity contribution in [1.29, 1.82) is 0 Å². The van der Waals surface area contributed by atoms with Crippen molar-refractivity contribution in [2.75, 3.05) is 25.1 Å². The van der Waals surface area contributed by atoms with E-state index in [0.29, 0.717) is 0 Å². The summed E-state index contributed by atoms with van der Waals surface area (Å²) in [6.07, 6.45) is 3.89. The molecule has 17 heavy (non-hydrogen) atoms. The van der Waals surface area contributed by atoms with Gasteiger partial charge in [-0.25, -0.2) is 0 Å². The van der Waals surface area contributed by atoms with E-state index in [4.69, 9.17) is 0 Å². The maximum absolute atomic E-state index is 3.32. The van der Waals surface area contributed by atoms with Crippen LogP contribution in [0.25, 0.3) is 0 Å². The van der Waals surface area contributed by atoms with Crippen molar-refractivity contribution in [3.8, 4) is 0 Å². The third-order valence-electron chi connectivity index (χ3n) is 2.97. The molecular formula is C15H25NS. The molecule has 0 amide bonds. The molecule has 0 heterocycles. The Bertz CT molecular complexity index is 274. The average Bonchev–Trinajstić information content (AvgIpc) is 2.36. The van der Waals surface area contributed by atoms with Crippen molar-refractivity contribution < 1.29 is 0 Å². The topological polar surface area (TPSA) is 12.0 Å². The minimum atomic E-state index is 0.778. The van der Waals surface area contributed by atoms with Crippen LogP contribution >= 0.6 is 11.8 Å². The first-order chi connectivity index (χ1) is 8.36. The Balaban J connectivity index is 2.32. The van der Waals surface area contributed by atoms with Gasteiger partial charge in [0, 0.05) is 0 Å². The van der Waals surface area contributed by atoms with Gasteiger partial charge < -0.3 is 5.32 Å². The molecule has 0 saturated heterocycles. The quantitative estimate of drug-likeness (QED) is 0.673. The summed E-state index contributed by atoms with van der Waals surface area (Å²) in [5.41, 5.74) is 1.47. The minimum Gasteiger partial charge on any atom is -0.319 e. The average molecular weight is 251 g/mol. The van der Waals surface area contributed by atoms with Crippen molar-refractivity contribution in [3.63, 3.8) is 0 Å². The van der Waals surface area contributed by atoms with Gasteiger partial charge >= 0.3 is 0 Å². The molecule has 2 heteroatoms. The molecule has 0 aromatic heterocycles. The van der Waals surface area contributed by atoms with Crippen molar-refractivity contribution in [2.45, 2.75) is 26.2 Å². The molecule has 1 nitrogen and oxygen atoms in total. The molecule has 0 aliphatic heterocycles. The van der Waals surface area contributed by atoms with Crippen LogP contribution in [-0.4, -0.2) is 25.1 Å². The fourth-order valence-corrected chi connectivity index (χ4v) is 2.79. The van der Waals surface area contributed by atoms with Gasteiger partial charge in [-0.1, -0.05) is 37.3 Å². The second kappa shape index (κ2) is 9.55. The Morgan fingerprint density at radius 2 is 2.00 bits per heavy atom. The number of benzene rings is 1. The van der Waals surface area contributed by atoms with Crippen LogP contribution in [0.2, 0.25) is 0 Å². The minimum absolute atomic E-state index is 0.778. The Kier molecular flexibility index (Phi) is 8.20. The van der Waals surface area contributed by atoms with Crippen LogP contribution in [0.5, 0.6) is 0 Å². The van der Waals surface area contributed by atoms with Crippen LogP contribution in [-0.2, 0) is 6.42 Å². The molecule has 1 N–H and O–H groups in total. The Hall–Kier alpha value is -0.470. The second-order valence-electron chi connectivity index (χ2n) is 4.45. The highest BCUT2D eigenvalue weighted by Crippen LogP contribution is 2.15. The highest BCUT2D eigenvalue weighted by Gasteiger charge is 2.08. The summed E-state index contributed by atoms with van der Waals surface area (Å²) < 4.78 is 0. The summed E-state index contributed by atoms with van der Waals surface area (Å²) in [5.74, 6) is 3.33. The molecule has 0 fully saturated rings. The SMILES string of the molecule is CCSCCCC(CNC)Cc1ccccc1. The number of thioether (sulfide) groups is 1. The van der Waals surface area contributed by atoms with E-state index < -0.39 is 0 Å². The van der Waals surface area contributed by atoms with Crippen molar-refractivity contribution >= 4 is 11.8 Å². The van der Waals surface area contributed by atoms with E-state index in [2.05, 4.69) is 61.4 Å². The standard InChI is InChI=1S/C15H25NS/c1-3-17-11-7-10-15(13-16-2)12-14-8-5-4-6-9-14/h4-6,8-9,15-16H,3,7,10-13H2,1-2H3. The molecular weight excluding hydrogens is 226 g/mol. The number of hydrogen-bond acceptors (Lipinski definition) is 2. The van der Waals surface area contributed by atoms with Gasteiger partial charge in [0.25, 0.3) is 0 Å². The van der Waals surface area contributed by atoms with Crippen molar-refractivity contribution in [3.05, 3.63) is 35.9 Å². The summed E-state index contributed by atoms with van der Waals surface area (Å²) in [7, 11) is 2.05. The predicted molar refractivity (Wildman–Crippen MR) is 79.8 cm³/mol. The van der Waals surface area contributed by atoms with E-state index in [-0.39, 0.29) is 0 Å². The van der Waals surface area contributed by atoms with Crippen molar-refractivity contribution in [1.82, 2.24) is 5.32 Å². The fraction of sp³-hybridized carbons (Fsp3) is 0.600. The van der Waals surface area contributed by atoms with E-state index in [1.54, 1.807) is 0 Å². The number of nitrogens with one attached hydrogen (secondary N) is 1. The Morgan fingerprint density at radius 1 is 1.24 bits per heavy atom. The van der Waals surface area contributed by atoms with Gasteiger partial charge in [-0.15, -0.1) is 0 Å². The third kappa shape index (κ3) is 6.75. The van der Waals surface area contributed by atoms with Crippen LogP contribution in [0.4, 0.5) is 0 Å². The largest absolute Gasteiger partial charge is 0.319 e. The number of hydrogen-bond donors (Lipinski definition) is 1. The van der Waals surface area contributed by atoms with E-state index >= 15 is 0 Å². The second-order valence-corrected chi connectivity index (χ2v) is 5.85. The lowest BCUT2D eigenvalue weighted by molar-refractivity contribution is 0.457. The summed E-state index contributed by atoms with van der Waals surface area (Å²) in [6, 6.07) is 10.8. The summed E-state index contributed by atoms with van der Waals surface area (Å²) in [4.78, 5) is 0. The van der Waals surface area contributed by atoms with E-state index in [9.17, 15) is 0 Å². The van der Waals surface area contributed by atoms with Crippen LogP contribution < -0.4 is 5.32 Å². The predicted octanol–water partition coefficient (Wildman–Crippen LogP) is 3.60. The van der Waals surface area contributed by atoms with E-state index in [1.807, 2.05) is 0 Å². The molecule has 0 radical (unpaired) electrons. The molecule has 0 spiro atoms. The molecule has 96 valence electrons. The van der Waals surface area contributed by atoms with Gasteiger partial charge in [0.05, 0.1) is 0 Å². The monoisotopic (exact) mass is 251 g/mol. The van der Waals surface area contributed by atoms with Gasteiger partial charge in [-0.3, -0.25) is 0 Å². The van der Waals surface area contributed by atoms with Crippen LogP contribution in [0.1, 0.15) is 25.3 Å². The third-order valence-corrected chi connectivity index (χ3v) is 3.95. The maximum atomic E-state index is 3.32. The summed E-state index contributed by atoms with van der Waals surface area (Å²) >= 11 is 2.05.